The van der Waals surface area contributed by atoms with Gasteiger partial charge in [-0.1, -0.05) is 24.3 Å². The van der Waals surface area contributed by atoms with Crippen molar-refractivity contribution >= 4 is 10.9 Å². The Balaban J connectivity index is 1.29. The number of para-hydroxylation sites is 1. The molecule has 0 radical (unpaired) electrons. The normalized spacial score (nSPS) is 16.3. The molecule has 5 nitrogen and oxygen atoms in total. The molecule has 1 aliphatic heterocycles. The number of β-amino-alcohol motifs (C(OH)–C–C–N with tert-alkyl or cyclic N) is 1. The Kier molecular flexibility index (Phi) is 6.95. The summed E-state index contributed by atoms with van der Waals surface area (Å²) in [5, 5.41) is 11.8. The van der Waals surface area contributed by atoms with E-state index in [9.17, 15) is 5.11 Å². The van der Waals surface area contributed by atoms with Crippen molar-refractivity contribution in [2.45, 2.75) is 31.3 Å². The van der Waals surface area contributed by atoms with Crippen molar-refractivity contribution in [2.75, 3.05) is 33.4 Å². The Bertz CT molecular complexity index is 1000. The van der Waals surface area contributed by atoms with E-state index in [-0.39, 0.29) is 0 Å². The quantitative estimate of drug-likeness (QED) is 0.500. The Labute approximate surface area is 184 Å². The van der Waals surface area contributed by atoms with Crippen LogP contribution in [0.15, 0.2) is 61.3 Å². The number of hydrogen-bond acceptors (Lipinski definition) is 4. The summed E-state index contributed by atoms with van der Waals surface area (Å²) >= 11 is 0. The van der Waals surface area contributed by atoms with Crippen molar-refractivity contribution in [3.05, 3.63) is 72.4 Å². The number of piperidine rings is 1. The zero-order valence-corrected chi connectivity index (χ0v) is 18.2. The zero-order chi connectivity index (χ0) is 21.6. The maximum Gasteiger partial charge on any atom is 0.122 e. The van der Waals surface area contributed by atoms with Crippen molar-refractivity contribution in [3.63, 3.8) is 0 Å². The highest BCUT2D eigenvalue weighted by Crippen LogP contribution is 2.34. The summed E-state index contributed by atoms with van der Waals surface area (Å²) in [6, 6.07) is 14.1. The van der Waals surface area contributed by atoms with E-state index in [1.54, 1.807) is 7.11 Å². The number of aromatic amines is 1. The van der Waals surface area contributed by atoms with E-state index in [2.05, 4.69) is 34.8 Å². The van der Waals surface area contributed by atoms with Crippen LogP contribution in [-0.4, -0.2) is 54.4 Å². The van der Waals surface area contributed by atoms with Crippen molar-refractivity contribution in [1.29, 1.82) is 0 Å². The lowest BCUT2D eigenvalue weighted by Crippen LogP contribution is -2.40. The first kappa shape index (κ1) is 21.5. The monoisotopic (exact) mass is 420 g/mol. The van der Waals surface area contributed by atoms with Crippen LogP contribution in [0.2, 0.25) is 0 Å². The molecule has 1 saturated heterocycles. The van der Waals surface area contributed by atoms with Crippen LogP contribution in [0.3, 0.4) is 0 Å². The van der Waals surface area contributed by atoms with E-state index in [0.29, 0.717) is 19.1 Å². The fourth-order valence-corrected chi connectivity index (χ4v) is 4.52. The number of aliphatic hydroxyl groups excluding tert-OH is 1. The highest BCUT2D eigenvalue weighted by Gasteiger charge is 2.24. The fourth-order valence-electron chi connectivity index (χ4n) is 4.52. The summed E-state index contributed by atoms with van der Waals surface area (Å²) in [5.74, 6) is 2.25. The number of aromatic nitrogens is 1. The number of H-pyrrole nitrogens is 1. The molecule has 0 spiro atoms. The van der Waals surface area contributed by atoms with Gasteiger partial charge in [-0.2, -0.15) is 0 Å². The number of likely N-dealkylation sites (tertiary alicyclic amines) is 1. The molecule has 1 fully saturated rings. The van der Waals surface area contributed by atoms with E-state index in [1.807, 2.05) is 36.4 Å². The van der Waals surface area contributed by atoms with Gasteiger partial charge in [0.1, 0.15) is 24.2 Å². The largest absolute Gasteiger partial charge is 0.497 e. The average Bonchev–Trinajstić information content (AvgIpc) is 3.22. The minimum absolute atomic E-state index is 0.302. The first-order valence-corrected chi connectivity index (χ1v) is 11.0. The number of hydrogen-bond donors (Lipinski definition) is 2. The van der Waals surface area contributed by atoms with E-state index in [4.69, 9.17) is 9.47 Å². The zero-order valence-electron chi connectivity index (χ0n) is 18.2. The molecule has 4 rings (SSSR count). The topological polar surface area (TPSA) is 57.7 Å². The van der Waals surface area contributed by atoms with Gasteiger partial charge >= 0.3 is 0 Å². The molecule has 2 heterocycles. The van der Waals surface area contributed by atoms with Gasteiger partial charge in [0.2, 0.25) is 0 Å². The third-order valence-electron chi connectivity index (χ3n) is 6.19. The van der Waals surface area contributed by atoms with Crippen LogP contribution in [0.4, 0.5) is 0 Å². The van der Waals surface area contributed by atoms with Gasteiger partial charge in [-0.25, -0.2) is 0 Å². The van der Waals surface area contributed by atoms with Crippen molar-refractivity contribution < 1.29 is 14.6 Å². The second-order valence-electron chi connectivity index (χ2n) is 8.30. The van der Waals surface area contributed by atoms with Crippen LogP contribution in [0.25, 0.3) is 10.9 Å². The summed E-state index contributed by atoms with van der Waals surface area (Å²) in [6.45, 7) is 6.69. The average molecular weight is 421 g/mol. The van der Waals surface area contributed by atoms with Crippen LogP contribution < -0.4 is 9.47 Å². The highest BCUT2D eigenvalue weighted by atomic mass is 16.5. The molecule has 3 aromatic rings. The van der Waals surface area contributed by atoms with Crippen LogP contribution in [-0.2, 0) is 6.42 Å². The maximum absolute atomic E-state index is 10.5. The van der Waals surface area contributed by atoms with Crippen LogP contribution >= 0.6 is 0 Å². The smallest absolute Gasteiger partial charge is 0.122 e. The minimum Gasteiger partial charge on any atom is -0.497 e. The first-order valence-electron chi connectivity index (χ1n) is 11.0. The minimum atomic E-state index is -0.509. The molecule has 1 aromatic heterocycles. The molecule has 0 amide bonds. The van der Waals surface area contributed by atoms with Crippen molar-refractivity contribution in [1.82, 2.24) is 9.88 Å². The Morgan fingerprint density at radius 3 is 2.81 bits per heavy atom. The Morgan fingerprint density at radius 1 is 1.23 bits per heavy atom. The van der Waals surface area contributed by atoms with Gasteiger partial charge in [0.15, 0.2) is 0 Å². The lowest BCUT2D eigenvalue weighted by atomic mass is 9.89. The third-order valence-corrected chi connectivity index (χ3v) is 6.19. The van der Waals surface area contributed by atoms with Gasteiger partial charge in [-0.05, 0) is 73.7 Å². The molecular formula is C26H32N2O3. The Morgan fingerprint density at radius 2 is 2.03 bits per heavy atom. The summed E-state index contributed by atoms with van der Waals surface area (Å²) in [6.07, 6.45) is 6.44. The number of fused-ring (bicyclic) bond motifs is 1. The van der Waals surface area contributed by atoms with Crippen LogP contribution in [0, 0.1) is 0 Å². The second kappa shape index (κ2) is 10.0. The molecule has 31 heavy (non-hydrogen) atoms. The van der Waals surface area contributed by atoms with E-state index in [1.165, 1.54) is 10.9 Å². The summed E-state index contributed by atoms with van der Waals surface area (Å²) in [7, 11) is 1.71. The number of methoxy groups -OCH3 is 1. The summed E-state index contributed by atoms with van der Waals surface area (Å²) in [4.78, 5) is 5.74. The number of rotatable bonds is 9. The molecule has 0 aliphatic carbocycles. The van der Waals surface area contributed by atoms with Crippen molar-refractivity contribution in [3.8, 4) is 11.5 Å². The first-order chi connectivity index (χ1) is 15.2. The maximum atomic E-state index is 10.5. The second-order valence-corrected chi connectivity index (χ2v) is 8.30. The SMILES string of the molecule is C=CCc1ccccc1OCC(O)CN1CCC(c2c[nH]c3ccc(OC)cc23)CC1. The lowest BCUT2D eigenvalue weighted by Gasteiger charge is -2.33. The van der Waals surface area contributed by atoms with Crippen LogP contribution in [0.1, 0.15) is 29.9 Å². The molecule has 2 aromatic carbocycles. The predicted octanol–water partition coefficient (Wildman–Crippen LogP) is 4.52. The third kappa shape index (κ3) is 5.12. The standard InChI is InChI=1S/C26H32N2O3/c1-3-6-20-7-4-5-8-26(20)31-18-21(29)17-28-13-11-19(12-14-28)24-16-27-25-10-9-22(30-2)15-23(24)25/h3-5,7-10,15-16,19,21,27,29H,1,6,11-14,17-18H2,2H3. The van der Waals surface area contributed by atoms with Gasteiger partial charge in [0, 0.05) is 23.6 Å². The van der Waals surface area contributed by atoms with E-state index >= 15 is 0 Å². The lowest BCUT2D eigenvalue weighted by molar-refractivity contribution is 0.0592. The molecule has 1 atom stereocenters. The predicted molar refractivity (Wildman–Crippen MR) is 125 cm³/mol. The van der Waals surface area contributed by atoms with Gasteiger partial charge in [0.05, 0.1) is 7.11 Å². The van der Waals surface area contributed by atoms with E-state index < -0.39 is 6.10 Å². The molecule has 1 aliphatic rings. The molecular weight excluding hydrogens is 388 g/mol. The van der Waals surface area contributed by atoms with Gasteiger partial charge in [0.25, 0.3) is 0 Å². The molecule has 0 bridgehead atoms. The number of allylic oxidation sites excluding steroid dienone is 1. The summed E-state index contributed by atoms with van der Waals surface area (Å²) in [5.41, 5.74) is 3.62. The van der Waals surface area contributed by atoms with Gasteiger partial charge in [-0.3, -0.25) is 0 Å². The Hall–Kier alpha value is -2.76. The number of ether oxygens (including phenoxy) is 2. The number of benzene rings is 2. The molecule has 5 heteroatoms. The molecule has 164 valence electrons. The van der Waals surface area contributed by atoms with E-state index in [0.717, 1.165) is 54.9 Å². The number of nitrogens with one attached hydrogen (secondary N) is 1. The molecule has 0 saturated carbocycles. The fraction of sp³-hybridized carbons (Fsp3) is 0.385. The number of nitrogens with zero attached hydrogens (tertiary/aromatic N) is 1. The molecule has 1 unspecified atom stereocenters. The van der Waals surface area contributed by atoms with Crippen molar-refractivity contribution in [2.24, 2.45) is 0 Å². The van der Waals surface area contributed by atoms with Gasteiger partial charge in [-0.15, -0.1) is 6.58 Å². The van der Waals surface area contributed by atoms with Crippen LogP contribution in [0.5, 0.6) is 11.5 Å². The number of aliphatic hydroxyl groups is 1. The molecule has 2 N–H and O–H groups in total. The highest BCUT2D eigenvalue weighted by molar-refractivity contribution is 5.85. The van der Waals surface area contributed by atoms with Gasteiger partial charge < -0.3 is 24.5 Å². The summed E-state index contributed by atoms with van der Waals surface area (Å²) < 4.78 is 11.3.